The SMILES string of the molecule is CC(=O)CCCCC(=O)On1c(O)ccc1O. The minimum Gasteiger partial charge on any atom is -0.492 e. The zero-order valence-electron chi connectivity index (χ0n) is 9.55. The van der Waals surface area contributed by atoms with Crippen LogP contribution < -0.4 is 4.84 Å². The van der Waals surface area contributed by atoms with Gasteiger partial charge in [-0.2, -0.15) is 0 Å². The third-order valence-corrected chi connectivity index (χ3v) is 2.15. The van der Waals surface area contributed by atoms with Crippen LogP contribution in [0.1, 0.15) is 32.6 Å². The number of carbonyl (C=O) groups is 2. The highest BCUT2D eigenvalue weighted by molar-refractivity contribution is 5.75. The molecule has 94 valence electrons. The van der Waals surface area contributed by atoms with Gasteiger partial charge in [0, 0.05) is 25.0 Å². The van der Waals surface area contributed by atoms with Gasteiger partial charge in [0.15, 0.2) is 0 Å². The summed E-state index contributed by atoms with van der Waals surface area (Å²) in [5, 5.41) is 18.4. The van der Waals surface area contributed by atoms with Crippen molar-refractivity contribution in [1.29, 1.82) is 0 Å². The van der Waals surface area contributed by atoms with Crippen LogP contribution in [-0.4, -0.2) is 26.7 Å². The monoisotopic (exact) mass is 241 g/mol. The van der Waals surface area contributed by atoms with Crippen LogP contribution in [0.2, 0.25) is 0 Å². The van der Waals surface area contributed by atoms with Crippen LogP contribution in [-0.2, 0) is 9.59 Å². The van der Waals surface area contributed by atoms with E-state index in [4.69, 9.17) is 4.84 Å². The lowest BCUT2D eigenvalue weighted by Crippen LogP contribution is -2.18. The van der Waals surface area contributed by atoms with Gasteiger partial charge in [-0.25, -0.2) is 4.79 Å². The summed E-state index contributed by atoms with van der Waals surface area (Å²) in [5.74, 6) is -1.19. The minimum atomic E-state index is -0.574. The molecule has 17 heavy (non-hydrogen) atoms. The molecule has 0 aliphatic heterocycles. The third-order valence-electron chi connectivity index (χ3n) is 2.15. The van der Waals surface area contributed by atoms with Crippen molar-refractivity contribution in [3.63, 3.8) is 0 Å². The van der Waals surface area contributed by atoms with Crippen molar-refractivity contribution in [3.8, 4) is 11.8 Å². The first-order valence-electron chi connectivity index (χ1n) is 5.31. The molecule has 0 bridgehead atoms. The fraction of sp³-hybridized carbons (Fsp3) is 0.455. The number of Topliss-reactive ketones (excluding diaryl/α,β-unsaturated/α-hetero) is 1. The van der Waals surface area contributed by atoms with Gasteiger partial charge in [-0.05, 0) is 19.8 Å². The second kappa shape index (κ2) is 5.93. The maximum Gasteiger partial charge on any atom is 0.333 e. The third kappa shape index (κ3) is 4.18. The van der Waals surface area contributed by atoms with Crippen LogP contribution >= 0.6 is 0 Å². The summed E-state index contributed by atoms with van der Waals surface area (Å²) in [6.45, 7) is 1.49. The van der Waals surface area contributed by atoms with Crippen molar-refractivity contribution < 1.29 is 24.6 Å². The number of ketones is 1. The lowest BCUT2D eigenvalue weighted by Gasteiger charge is -2.06. The molecule has 0 aromatic carbocycles. The van der Waals surface area contributed by atoms with Gasteiger partial charge in [0.25, 0.3) is 0 Å². The van der Waals surface area contributed by atoms with Gasteiger partial charge in [0.1, 0.15) is 5.78 Å². The molecule has 6 heteroatoms. The molecule has 6 nitrogen and oxygen atoms in total. The smallest absolute Gasteiger partial charge is 0.333 e. The summed E-state index contributed by atoms with van der Waals surface area (Å²) >= 11 is 0. The van der Waals surface area contributed by atoms with Crippen molar-refractivity contribution in [2.75, 3.05) is 0 Å². The zero-order valence-corrected chi connectivity index (χ0v) is 9.55. The molecule has 1 heterocycles. The quantitative estimate of drug-likeness (QED) is 0.725. The van der Waals surface area contributed by atoms with Crippen molar-refractivity contribution in [1.82, 2.24) is 4.73 Å². The lowest BCUT2D eigenvalue weighted by molar-refractivity contribution is -0.145. The Hall–Kier alpha value is -1.98. The van der Waals surface area contributed by atoms with Gasteiger partial charge >= 0.3 is 5.97 Å². The van der Waals surface area contributed by atoms with Gasteiger partial charge in [0.05, 0.1) is 0 Å². The standard InChI is InChI=1S/C11H15NO5/c1-8(13)4-2-3-5-11(16)17-12-9(14)6-7-10(12)15/h6-7,14-15H,2-5H2,1H3. The molecular weight excluding hydrogens is 226 g/mol. The molecule has 0 atom stereocenters. The first-order chi connectivity index (χ1) is 8.00. The Morgan fingerprint density at radius 2 is 1.71 bits per heavy atom. The maximum atomic E-state index is 11.3. The Balaban J connectivity index is 2.33. The number of rotatable bonds is 6. The normalized spacial score (nSPS) is 10.2. The molecule has 0 radical (unpaired) electrons. The van der Waals surface area contributed by atoms with Gasteiger partial charge in [0.2, 0.25) is 11.8 Å². The van der Waals surface area contributed by atoms with E-state index >= 15 is 0 Å². The van der Waals surface area contributed by atoms with Crippen LogP contribution in [0.25, 0.3) is 0 Å². The molecule has 0 aliphatic rings. The molecule has 1 aromatic heterocycles. The zero-order chi connectivity index (χ0) is 12.8. The Morgan fingerprint density at radius 1 is 1.18 bits per heavy atom. The first-order valence-corrected chi connectivity index (χ1v) is 5.31. The summed E-state index contributed by atoms with van der Waals surface area (Å²) in [4.78, 5) is 26.7. The number of aromatic nitrogens is 1. The van der Waals surface area contributed by atoms with Crippen LogP contribution in [0.4, 0.5) is 0 Å². The molecule has 0 fully saturated rings. The summed E-state index contributed by atoms with van der Waals surface area (Å²) in [7, 11) is 0. The average Bonchev–Trinajstić information content (AvgIpc) is 2.56. The predicted molar refractivity (Wildman–Crippen MR) is 58.5 cm³/mol. The lowest BCUT2D eigenvalue weighted by atomic mass is 10.1. The molecule has 0 saturated carbocycles. The largest absolute Gasteiger partial charge is 0.492 e. The maximum absolute atomic E-state index is 11.3. The van der Waals surface area contributed by atoms with Gasteiger partial charge in [-0.3, -0.25) is 0 Å². The topological polar surface area (TPSA) is 88.8 Å². The average molecular weight is 241 g/mol. The molecule has 0 spiro atoms. The second-order valence-electron chi connectivity index (χ2n) is 3.72. The van der Waals surface area contributed by atoms with E-state index in [0.717, 1.165) is 0 Å². The van der Waals surface area contributed by atoms with E-state index in [1.165, 1.54) is 19.1 Å². The first kappa shape index (κ1) is 13.1. The fourth-order valence-corrected chi connectivity index (χ4v) is 1.29. The van der Waals surface area contributed by atoms with E-state index in [9.17, 15) is 19.8 Å². The molecule has 0 unspecified atom stereocenters. The second-order valence-corrected chi connectivity index (χ2v) is 3.72. The van der Waals surface area contributed by atoms with Gasteiger partial charge in [-0.1, -0.05) is 0 Å². The van der Waals surface area contributed by atoms with Crippen molar-refractivity contribution in [2.24, 2.45) is 0 Å². The van der Waals surface area contributed by atoms with Crippen molar-refractivity contribution in [3.05, 3.63) is 12.1 Å². The van der Waals surface area contributed by atoms with E-state index in [0.29, 0.717) is 24.0 Å². The van der Waals surface area contributed by atoms with E-state index in [2.05, 4.69) is 0 Å². The molecule has 1 rings (SSSR count). The summed E-state index contributed by atoms with van der Waals surface area (Å²) < 4.78 is 0.646. The van der Waals surface area contributed by atoms with Gasteiger partial charge in [-0.15, -0.1) is 4.73 Å². The molecule has 0 saturated heterocycles. The predicted octanol–water partition coefficient (Wildman–Crippen LogP) is 1.00. The number of carbonyl (C=O) groups excluding carboxylic acids is 2. The Kier molecular flexibility index (Phi) is 4.56. The number of nitrogens with zero attached hydrogens (tertiary/aromatic N) is 1. The minimum absolute atomic E-state index is 0.0825. The Labute approximate surface area is 98.4 Å². The summed E-state index contributed by atoms with van der Waals surface area (Å²) in [6.07, 6.45) is 1.72. The van der Waals surface area contributed by atoms with Crippen LogP contribution in [0, 0.1) is 0 Å². The Morgan fingerprint density at radius 3 is 2.24 bits per heavy atom. The van der Waals surface area contributed by atoms with E-state index in [1.807, 2.05) is 0 Å². The molecule has 0 amide bonds. The highest BCUT2D eigenvalue weighted by Crippen LogP contribution is 2.18. The van der Waals surface area contributed by atoms with Crippen LogP contribution in [0.5, 0.6) is 11.8 Å². The molecule has 1 aromatic rings. The number of unbranched alkanes of at least 4 members (excludes halogenated alkanes) is 1. The van der Waals surface area contributed by atoms with Crippen molar-refractivity contribution >= 4 is 11.8 Å². The van der Waals surface area contributed by atoms with Crippen LogP contribution in [0.3, 0.4) is 0 Å². The van der Waals surface area contributed by atoms with E-state index < -0.39 is 5.97 Å². The fourth-order valence-electron chi connectivity index (χ4n) is 1.29. The van der Waals surface area contributed by atoms with E-state index in [-0.39, 0.29) is 24.0 Å². The number of aromatic hydroxyl groups is 2. The highest BCUT2D eigenvalue weighted by Gasteiger charge is 2.11. The summed E-state index contributed by atoms with van der Waals surface area (Å²) in [5.41, 5.74) is 0. The number of hydrogen-bond donors (Lipinski definition) is 2. The summed E-state index contributed by atoms with van der Waals surface area (Å²) in [6, 6.07) is 2.41. The van der Waals surface area contributed by atoms with Crippen LogP contribution in [0.15, 0.2) is 12.1 Å². The molecular formula is C11H15NO5. The van der Waals surface area contributed by atoms with Crippen molar-refractivity contribution in [2.45, 2.75) is 32.6 Å². The molecule has 2 N–H and O–H groups in total. The van der Waals surface area contributed by atoms with Gasteiger partial charge < -0.3 is 19.8 Å². The van der Waals surface area contributed by atoms with E-state index in [1.54, 1.807) is 0 Å². The highest BCUT2D eigenvalue weighted by atomic mass is 16.7. The Bertz CT molecular complexity index is 390. The number of hydrogen-bond acceptors (Lipinski definition) is 5. The molecule has 0 aliphatic carbocycles.